The molecule has 100 valence electrons. The SMILES string of the molecule is COC(=O)CCC(C)(O[Si](C)(C)C)C(=O)OC. The molecule has 5 nitrogen and oxygen atoms in total. The fraction of sp³-hybridized carbons (Fsp3) is 0.818. The van der Waals surface area contributed by atoms with E-state index in [0.29, 0.717) is 0 Å². The first-order chi connectivity index (χ1) is 7.64. The van der Waals surface area contributed by atoms with Crippen LogP contribution in [0.15, 0.2) is 0 Å². The fourth-order valence-corrected chi connectivity index (χ4v) is 3.07. The van der Waals surface area contributed by atoms with E-state index in [-0.39, 0.29) is 18.8 Å². The summed E-state index contributed by atoms with van der Waals surface area (Å²) < 4.78 is 15.1. The predicted molar refractivity (Wildman–Crippen MR) is 66.1 cm³/mol. The van der Waals surface area contributed by atoms with E-state index in [2.05, 4.69) is 4.74 Å². The van der Waals surface area contributed by atoms with Crippen LogP contribution in [0.25, 0.3) is 0 Å². The molecule has 0 saturated carbocycles. The minimum Gasteiger partial charge on any atom is -0.469 e. The molecule has 6 heteroatoms. The Bertz CT molecular complexity index is 284. The molecule has 0 aliphatic rings. The fourth-order valence-electron chi connectivity index (χ4n) is 1.53. The smallest absolute Gasteiger partial charge is 0.336 e. The van der Waals surface area contributed by atoms with Gasteiger partial charge in [0, 0.05) is 6.42 Å². The quantitative estimate of drug-likeness (QED) is 0.539. The molecular formula is C11H22O5Si. The van der Waals surface area contributed by atoms with Gasteiger partial charge in [-0.2, -0.15) is 0 Å². The molecule has 0 heterocycles. The van der Waals surface area contributed by atoms with Gasteiger partial charge in [0.25, 0.3) is 0 Å². The van der Waals surface area contributed by atoms with Gasteiger partial charge >= 0.3 is 11.9 Å². The Labute approximate surface area is 104 Å². The van der Waals surface area contributed by atoms with Crippen LogP contribution in [-0.2, 0) is 23.5 Å². The van der Waals surface area contributed by atoms with Crippen LogP contribution in [0.4, 0.5) is 0 Å². The lowest BCUT2D eigenvalue weighted by molar-refractivity contribution is -0.160. The van der Waals surface area contributed by atoms with Crippen molar-refractivity contribution in [2.24, 2.45) is 0 Å². The summed E-state index contributed by atoms with van der Waals surface area (Å²) in [7, 11) is 0.722. The lowest BCUT2D eigenvalue weighted by atomic mass is 10.0. The summed E-state index contributed by atoms with van der Waals surface area (Å²) >= 11 is 0. The summed E-state index contributed by atoms with van der Waals surface area (Å²) in [5.74, 6) is -0.817. The van der Waals surface area contributed by atoms with Gasteiger partial charge in [-0.25, -0.2) is 4.79 Å². The van der Waals surface area contributed by atoms with Crippen LogP contribution in [0.1, 0.15) is 19.8 Å². The second kappa shape index (κ2) is 6.16. The highest BCUT2D eigenvalue weighted by Gasteiger charge is 2.39. The number of hydrogen-bond donors (Lipinski definition) is 0. The highest BCUT2D eigenvalue weighted by molar-refractivity contribution is 6.70. The van der Waals surface area contributed by atoms with Gasteiger partial charge in [0.05, 0.1) is 14.2 Å². The van der Waals surface area contributed by atoms with Crippen LogP contribution in [0, 0.1) is 0 Å². The second-order valence-corrected chi connectivity index (χ2v) is 9.44. The molecule has 0 saturated heterocycles. The summed E-state index contributed by atoms with van der Waals surface area (Å²) in [6.07, 6.45) is 0.392. The third kappa shape index (κ3) is 5.83. The molecule has 1 unspecified atom stereocenters. The molecule has 0 N–H and O–H groups in total. The first-order valence-electron chi connectivity index (χ1n) is 5.50. The topological polar surface area (TPSA) is 61.8 Å². The molecule has 0 spiro atoms. The van der Waals surface area contributed by atoms with Gasteiger partial charge in [-0.3, -0.25) is 4.79 Å². The van der Waals surface area contributed by atoms with E-state index in [0.717, 1.165) is 0 Å². The van der Waals surface area contributed by atoms with E-state index in [1.54, 1.807) is 6.92 Å². The van der Waals surface area contributed by atoms with Gasteiger partial charge < -0.3 is 13.9 Å². The van der Waals surface area contributed by atoms with Crippen molar-refractivity contribution in [1.29, 1.82) is 0 Å². The van der Waals surface area contributed by atoms with Crippen molar-refractivity contribution >= 4 is 20.3 Å². The summed E-state index contributed by atoms with van der Waals surface area (Å²) in [5.41, 5.74) is -1.08. The molecule has 1 atom stereocenters. The molecule has 0 amide bonds. The van der Waals surface area contributed by atoms with Crippen LogP contribution in [0.3, 0.4) is 0 Å². The number of methoxy groups -OCH3 is 2. The normalized spacial score (nSPS) is 14.9. The van der Waals surface area contributed by atoms with Crippen LogP contribution >= 0.6 is 0 Å². The second-order valence-electron chi connectivity index (χ2n) is 5.01. The summed E-state index contributed by atoms with van der Waals surface area (Å²) in [6.45, 7) is 7.59. The van der Waals surface area contributed by atoms with Crippen molar-refractivity contribution < 1.29 is 23.5 Å². The van der Waals surface area contributed by atoms with Gasteiger partial charge in [-0.1, -0.05) is 0 Å². The van der Waals surface area contributed by atoms with E-state index in [1.165, 1.54) is 14.2 Å². The van der Waals surface area contributed by atoms with E-state index in [1.807, 2.05) is 19.6 Å². The monoisotopic (exact) mass is 262 g/mol. The number of rotatable bonds is 6. The highest BCUT2D eigenvalue weighted by Crippen LogP contribution is 2.24. The van der Waals surface area contributed by atoms with Crippen molar-refractivity contribution in [3.8, 4) is 0 Å². The Balaban J connectivity index is 4.73. The predicted octanol–water partition coefficient (Wildman–Crippen LogP) is 1.72. The molecule has 0 rings (SSSR count). The number of hydrogen-bond acceptors (Lipinski definition) is 5. The zero-order valence-corrected chi connectivity index (χ0v) is 12.5. The summed E-state index contributed by atoms with van der Waals surface area (Å²) in [4.78, 5) is 22.9. The molecule has 0 aromatic carbocycles. The van der Waals surface area contributed by atoms with Gasteiger partial charge in [0.15, 0.2) is 13.9 Å². The van der Waals surface area contributed by atoms with Crippen LogP contribution < -0.4 is 0 Å². The Morgan fingerprint density at radius 2 is 1.65 bits per heavy atom. The van der Waals surface area contributed by atoms with Gasteiger partial charge in [-0.15, -0.1) is 0 Å². The maximum Gasteiger partial charge on any atom is 0.336 e. The lowest BCUT2D eigenvalue weighted by Gasteiger charge is -2.33. The zero-order valence-electron chi connectivity index (χ0n) is 11.5. The highest BCUT2D eigenvalue weighted by atomic mass is 28.4. The van der Waals surface area contributed by atoms with Crippen molar-refractivity contribution in [2.45, 2.75) is 45.0 Å². The molecule has 0 bridgehead atoms. The van der Waals surface area contributed by atoms with E-state index in [4.69, 9.17) is 9.16 Å². The molecule has 0 radical (unpaired) electrons. The molecule has 0 aromatic rings. The summed E-state index contributed by atoms with van der Waals surface area (Å²) in [5, 5.41) is 0. The zero-order chi connectivity index (χ0) is 13.7. The Kier molecular flexibility index (Phi) is 5.84. The third-order valence-corrected chi connectivity index (χ3v) is 3.25. The first kappa shape index (κ1) is 16.1. The average Bonchev–Trinajstić information content (AvgIpc) is 2.22. The minimum absolute atomic E-state index is 0.132. The average molecular weight is 262 g/mol. The van der Waals surface area contributed by atoms with Crippen molar-refractivity contribution in [2.75, 3.05) is 14.2 Å². The van der Waals surface area contributed by atoms with E-state index >= 15 is 0 Å². The largest absolute Gasteiger partial charge is 0.469 e. The van der Waals surface area contributed by atoms with Gasteiger partial charge in [0.1, 0.15) is 0 Å². The number of carbonyl (C=O) groups excluding carboxylic acids is 2. The van der Waals surface area contributed by atoms with Crippen molar-refractivity contribution in [3.63, 3.8) is 0 Å². The molecule has 0 aliphatic carbocycles. The molecule has 17 heavy (non-hydrogen) atoms. The number of ether oxygens (including phenoxy) is 2. The Morgan fingerprint density at radius 3 is 2.00 bits per heavy atom. The van der Waals surface area contributed by atoms with E-state index < -0.39 is 19.9 Å². The standard InChI is InChI=1S/C11H22O5Si/c1-11(10(13)15-3,16-17(4,5)6)8-7-9(12)14-2/h7-8H2,1-6H3. The van der Waals surface area contributed by atoms with Gasteiger partial charge in [-0.05, 0) is 33.0 Å². The molecule has 0 aliphatic heterocycles. The van der Waals surface area contributed by atoms with Crippen LogP contribution in [0.5, 0.6) is 0 Å². The first-order valence-corrected chi connectivity index (χ1v) is 8.91. The Hall–Kier alpha value is -0.883. The van der Waals surface area contributed by atoms with Crippen LogP contribution in [-0.4, -0.2) is 40.1 Å². The molecule has 0 fully saturated rings. The maximum atomic E-state index is 11.7. The molecular weight excluding hydrogens is 240 g/mol. The summed E-state index contributed by atoms with van der Waals surface area (Å²) in [6, 6.07) is 0. The van der Waals surface area contributed by atoms with Crippen molar-refractivity contribution in [3.05, 3.63) is 0 Å². The van der Waals surface area contributed by atoms with Crippen LogP contribution in [0.2, 0.25) is 19.6 Å². The maximum absolute atomic E-state index is 11.7. The number of carbonyl (C=O) groups is 2. The van der Waals surface area contributed by atoms with Gasteiger partial charge in [0.2, 0.25) is 0 Å². The minimum atomic E-state index is -1.91. The number of esters is 2. The van der Waals surface area contributed by atoms with Crippen molar-refractivity contribution in [1.82, 2.24) is 0 Å². The third-order valence-electron chi connectivity index (χ3n) is 2.18. The lowest BCUT2D eigenvalue weighted by Crippen LogP contribution is -2.47. The van der Waals surface area contributed by atoms with E-state index in [9.17, 15) is 9.59 Å². The molecule has 0 aromatic heterocycles. The Morgan fingerprint density at radius 1 is 1.12 bits per heavy atom.